The van der Waals surface area contributed by atoms with Crippen LogP contribution in [0.3, 0.4) is 0 Å². The molecule has 2 aromatic heterocycles. The zero-order chi connectivity index (χ0) is 34.7. The van der Waals surface area contributed by atoms with E-state index in [1.54, 1.807) is 6.20 Å². The minimum Gasteiger partial charge on any atom is -0.264 e. The topological polar surface area (TPSA) is 38.7 Å². The molecule has 9 rings (SSSR count). The number of aromatic nitrogens is 3. The van der Waals surface area contributed by atoms with Crippen LogP contribution in [0.1, 0.15) is 0 Å². The van der Waals surface area contributed by atoms with Crippen LogP contribution in [-0.2, 0) is 0 Å². The predicted molar refractivity (Wildman–Crippen MR) is 215 cm³/mol. The Bertz CT molecular complexity index is 2630. The van der Waals surface area contributed by atoms with Crippen LogP contribution in [0.4, 0.5) is 0 Å². The SMILES string of the molecule is c1ccc(-c2cccc(-c3cc(-c4ccc(-c5ccc(-c6ccc(-c7cccnc7)cc6)cc5)c5ccccc45)nc(-c4ccccc4)n3)c2)cc1. The lowest BCUT2D eigenvalue weighted by atomic mass is 9.92. The maximum atomic E-state index is 5.19. The first kappa shape index (κ1) is 31.0. The highest BCUT2D eigenvalue weighted by atomic mass is 14.9. The molecule has 2 heterocycles. The van der Waals surface area contributed by atoms with E-state index in [4.69, 9.17) is 9.97 Å². The molecule has 0 fully saturated rings. The van der Waals surface area contributed by atoms with Crippen molar-refractivity contribution in [2.75, 3.05) is 0 Å². The van der Waals surface area contributed by atoms with Crippen molar-refractivity contribution in [1.82, 2.24) is 15.0 Å². The Labute approximate surface area is 303 Å². The van der Waals surface area contributed by atoms with Gasteiger partial charge in [-0.1, -0.05) is 170 Å². The summed E-state index contributed by atoms with van der Waals surface area (Å²) in [5, 5.41) is 2.33. The van der Waals surface area contributed by atoms with Gasteiger partial charge in [-0.05, 0) is 73.5 Å². The molecule has 3 heteroatoms. The van der Waals surface area contributed by atoms with Gasteiger partial charge in [0.1, 0.15) is 0 Å². The van der Waals surface area contributed by atoms with Gasteiger partial charge in [0.15, 0.2) is 5.82 Å². The fraction of sp³-hybridized carbons (Fsp3) is 0. The van der Waals surface area contributed by atoms with Crippen LogP contribution in [0, 0.1) is 0 Å². The first-order chi connectivity index (χ1) is 25.8. The Morgan fingerprint density at radius 3 is 1.46 bits per heavy atom. The second-order valence-electron chi connectivity index (χ2n) is 12.9. The highest BCUT2D eigenvalue weighted by Crippen LogP contribution is 2.38. The molecule has 3 nitrogen and oxygen atoms in total. The third-order valence-corrected chi connectivity index (χ3v) is 9.63. The lowest BCUT2D eigenvalue weighted by molar-refractivity contribution is 1.18. The lowest BCUT2D eigenvalue weighted by Gasteiger charge is -2.14. The van der Waals surface area contributed by atoms with Crippen LogP contribution in [0.2, 0.25) is 0 Å². The summed E-state index contributed by atoms with van der Waals surface area (Å²) in [5.41, 5.74) is 14.2. The van der Waals surface area contributed by atoms with E-state index in [2.05, 4.69) is 163 Å². The van der Waals surface area contributed by atoms with Crippen molar-refractivity contribution in [2.45, 2.75) is 0 Å². The molecule has 0 amide bonds. The minimum atomic E-state index is 0.704. The summed E-state index contributed by atoms with van der Waals surface area (Å²) in [6.45, 7) is 0. The smallest absolute Gasteiger partial charge is 0.160 e. The number of fused-ring (bicyclic) bond motifs is 1. The summed E-state index contributed by atoms with van der Waals surface area (Å²) in [6, 6.07) is 66.1. The van der Waals surface area contributed by atoms with Gasteiger partial charge < -0.3 is 0 Å². The molecule has 0 aliphatic heterocycles. The number of hydrogen-bond acceptors (Lipinski definition) is 3. The molecular formula is C49H33N3. The van der Waals surface area contributed by atoms with Gasteiger partial charge in [0.25, 0.3) is 0 Å². The molecule has 244 valence electrons. The number of rotatable bonds is 7. The van der Waals surface area contributed by atoms with Crippen molar-refractivity contribution in [3.05, 3.63) is 200 Å². The van der Waals surface area contributed by atoms with E-state index in [0.717, 1.165) is 50.2 Å². The quantitative estimate of drug-likeness (QED) is 0.170. The Hall–Kier alpha value is -6.97. The minimum absolute atomic E-state index is 0.704. The van der Waals surface area contributed by atoms with E-state index < -0.39 is 0 Å². The van der Waals surface area contributed by atoms with Crippen LogP contribution in [0.15, 0.2) is 200 Å². The Balaban J connectivity index is 1.10. The molecular weight excluding hydrogens is 631 g/mol. The first-order valence-electron chi connectivity index (χ1n) is 17.5. The van der Waals surface area contributed by atoms with Crippen molar-refractivity contribution in [2.24, 2.45) is 0 Å². The van der Waals surface area contributed by atoms with Gasteiger partial charge in [0.05, 0.1) is 11.4 Å². The van der Waals surface area contributed by atoms with Crippen LogP contribution in [-0.4, -0.2) is 15.0 Å². The summed E-state index contributed by atoms with van der Waals surface area (Å²) < 4.78 is 0. The Morgan fingerprint density at radius 1 is 0.288 bits per heavy atom. The van der Waals surface area contributed by atoms with E-state index in [-0.39, 0.29) is 0 Å². The summed E-state index contributed by atoms with van der Waals surface area (Å²) in [7, 11) is 0. The van der Waals surface area contributed by atoms with E-state index in [9.17, 15) is 0 Å². The van der Waals surface area contributed by atoms with Crippen molar-refractivity contribution < 1.29 is 0 Å². The number of pyridine rings is 1. The van der Waals surface area contributed by atoms with Gasteiger partial charge in [0, 0.05) is 29.1 Å². The van der Waals surface area contributed by atoms with Gasteiger partial charge in [-0.3, -0.25) is 4.98 Å². The molecule has 52 heavy (non-hydrogen) atoms. The molecule has 0 aliphatic rings. The molecule has 0 unspecified atom stereocenters. The largest absolute Gasteiger partial charge is 0.264 e. The first-order valence-corrected chi connectivity index (χ1v) is 17.5. The Morgan fingerprint density at radius 2 is 0.788 bits per heavy atom. The second-order valence-corrected chi connectivity index (χ2v) is 12.9. The molecule has 0 atom stereocenters. The third-order valence-electron chi connectivity index (χ3n) is 9.63. The van der Waals surface area contributed by atoms with E-state index in [1.165, 1.54) is 33.2 Å². The molecule has 0 bridgehead atoms. The average molecular weight is 664 g/mol. The summed E-state index contributed by atoms with van der Waals surface area (Å²) >= 11 is 0. The maximum Gasteiger partial charge on any atom is 0.160 e. The number of nitrogens with zero attached hydrogens (tertiary/aromatic N) is 3. The van der Waals surface area contributed by atoms with Crippen molar-refractivity contribution in [3.8, 4) is 78.4 Å². The van der Waals surface area contributed by atoms with Gasteiger partial charge in [-0.2, -0.15) is 0 Å². The van der Waals surface area contributed by atoms with Crippen LogP contribution in [0.25, 0.3) is 89.2 Å². The molecule has 0 radical (unpaired) electrons. The molecule has 7 aromatic carbocycles. The van der Waals surface area contributed by atoms with Crippen LogP contribution in [0.5, 0.6) is 0 Å². The molecule has 9 aromatic rings. The maximum absolute atomic E-state index is 5.19. The van der Waals surface area contributed by atoms with Gasteiger partial charge in [-0.25, -0.2) is 9.97 Å². The second kappa shape index (κ2) is 13.7. The van der Waals surface area contributed by atoms with Crippen molar-refractivity contribution in [1.29, 1.82) is 0 Å². The summed E-state index contributed by atoms with van der Waals surface area (Å²) in [5.74, 6) is 0.704. The van der Waals surface area contributed by atoms with Crippen molar-refractivity contribution in [3.63, 3.8) is 0 Å². The van der Waals surface area contributed by atoms with Gasteiger partial charge in [-0.15, -0.1) is 0 Å². The van der Waals surface area contributed by atoms with Crippen LogP contribution < -0.4 is 0 Å². The average Bonchev–Trinajstić information content (AvgIpc) is 3.24. The molecule has 0 aliphatic carbocycles. The molecule has 0 N–H and O–H groups in total. The fourth-order valence-electron chi connectivity index (χ4n) is 6.94. The number of hydrogen-bond donors (Lipinski definition) is 0. The Kier molecular flexibility index (Phi) is 8.20. The fourth-order valence-corrected chi connectivity index (χ4v) is 6.94. The zero-order valence-corrected chi connectivity index (χ0v) is 28.4. The van der Waals surface area contributed by atoms with Crippen LogP contribution >= 0.6 is 0 Å². The highest BCUT2D eigenvalue weighted by Gasteiger charge is 2.15. The standard InChI is InChI=1S/C49H33N3/c1-3-11-34(12-4-1)40-15-9-16-41(31-40)47-32-48(52-49(51-47)39-13-5-2-6-14-39)46-29-28-43(44-18-7-8-19-45(44)46)38-26-24-36(25-27-38)35-20-22-37(23-21-35)42-17-10-30-50-33-42/h1-33H. The highest BCUT2D eigenvalue weighted by molar-refractivity contribution is 6.05. The molecule has 0 saturated carbocycles. The van der Waals surface area contributed by atoms with E-state index in [1.807, 2.05) is 36.5 Å². The van der Waals surface area contributed by atoms with E-state index >= 15 is 0 Å². The summed E-state index contributed by atoms with van der Waals surface area (Å²) in [6.07, 6.45) is 3.70. The van der Waals surface area contributed by atoms with Gasteiger partial charge >= 0.3 is 0 Å². The van der Waals surface area contributed by atoms with Gasteiger partial charge in [0.2, 0.25) is 0 Å². The normalized spacial score (nSPS) is 11.1. The van der Waals surface area contributed by atoms with Crippen molar-refractivity contribution >= 4 is 10.8 Å². The third kappa shape index (κ3) is 6.17. The predicted octanol–water partition coefficient (Wildman–Crippen LogP) is 12.7. The lowest BCUT2D eigenvalue weighted by Crippen LogP contribution is -1.97. The van der Waals surface area contributed by atoms with E-state index in [0.29, 0.717) is 5.82 Å². The number of benzene rings is 7. The zero-order valence-electron chi connectivity index (χ0n) is 28.4. The molecule has 0 saturated heterocycles. The summed E-state index contributed by atoms with van der Waals surface area (Å²) in [4.78, 5) is 14.6. The molecule has 0 spiro atoms. The monoisotopic (exact) mass is 663 g/mol.